The summed E-state index contributed by atoms with van der Waals surface area (Å²) in [6.07, 6.45) is 4.72. The van der Waals surface area contributed by atoms with Gasteiger partial charge in [-0.1, -0.05) is 6.92 Å². The third-order valence-electron chi connectivity index (χ3n) is 9.81. The molecule has 34 heavy (non-hydrogen) atoms. The SMILES string of the molecule is CCOC(=O)[C@@H]1CC[C@@H]2[C@@H]3CC[C@]4(OC(C)=O)C[C@H](OC(C)=O)CC[C@]4(C(=O)O)[C@@H]3CC[C@]21C. The number of hydrogen-bond acceptors (Lipinski definition) is 7. The molecule has 4 rings (SSSR count). The first-order valence-electron chi connectivity index (χ1n) is 12.8. The molecule has 0 aromatic carbocycles. The first kappa shape index (κ1) is 25.0. The number of aliphatic carboxylic acids is 1. The molecule has 8 atom stereocenters. The molecule has 0 radical (unpaired) electrons. The molecular weight excluding hydrogens is 440 g/mol. The van der Waals surface area contributed by atoms with Gasteiger partial charge in [-0.2, -0.15) is 0 Å². The molecule has 0 spiro atoms. The van der Waals surface area contributed by atoms with E-state index in [1.807, 2.05) is 6.92 Å². The first-order valence-corrected chi connectivity index (χ1v) is 12.8. The van der Waals surface area contributed by atoms with E-state index in [2.05, 4.69) is 6.92 Å². The second kappa shape index (κ2) is 8.83. The summed E-state index contributed by atoms with van der Waals surface area (Å²) in [6.45, 7) is 7.03. The minimum atomic E-state index is -1.22. The largest absolute Gasteiger partial charge is 0.481 e. The smallest absolute Gasteiger partial charge is 0.314 e. The van der Waals surface area contributed by atoms with Crippen molar-refractivity contribution < 1.29 is 38.5 Å². The van der Waals surface area contributed by atoms with Crippen molar-refractivity contribution in [3.63, 3.8) is 0 Å². The predicted molar refractivity (Wildman–Crippen MR) is 120 cm³/mol. The number of carboxylic acid groups (broad SMARTS) is 1. The van der Waals surface area contributed by atoms with Crippen molar-refractivity contribution in [2.75, 3.05) is 6.61 Å². The van der Waals surface area contributed by atoms with E-state index in [-0.39, 0.29) is 41.5 Å². The van der Waals surface area contributed by atoms with E-state index < -0.39 is 35.0 Å². The third kappa shape index (κ3) is 3.63. The molecule has 190 valence electrons. The lowest BCUT2D eigenvalue weighted by Gasteiger charge is -2.63. The first-order chi connectivity index (χ1) is 16.0. The average Bonchev–Trinajstić information content (AvgIpc) is 3.09. The summed E-state index contributed by atoms with van der Waals surface area (Å²) in [5, 5.41) is 10.8. The lowest BCUT2D eigenvalue weighted by molar-refractivity contribution is -0.247. The Bertz CT molecular complexity index is 869. The number of carbonyl (C=O) groups is 4. The Kier molecular flexibility index (Phi) is 6.49. The number of rotatable bonds is 5. The highest BCUT2D eigenvalue weighted by Crippen LogP contribution is 2.69. The van der Waals surface area contributed by atoms with Crippen LogP contribution in [0.25, 0.3) is 0 Å². The minimum Gasteiger partial charge on any atom is -0.481 e. The molecule has 0 unspecified atom stereocenters. The molecule has 0 saturated heterocycles. The summed E-state index contributed by atoms with van der Waals surface area (Å²) < 4.78 is 16.8. The number of carbonyl (C=O) groups excluding carboxylic acids is 3. The molecule has 4 aliphatic rings. The Labute approximate surface area is 201 Å². The van der Waals surface area contributed by atoms with Gasteiger partial charge in [0.25, 0.3) is 0 Å². The van der Waals surface area contributed by atoms with Gasteiger partial charge in [0, 0.05) is 20.3 Å². The van der Waals surface area contributed by atoms with Gasteiger partial charge >= 0.3 is 23.9 Å². The summed E-state index contributed by atoms with van der Waals surface area (Å²) >= 11 is 0. The van der Waals surface area contributed by atoms with Gasteiger partial charge in [0.05, 0.1) is 12.5 Å². The fourth-order valence-electron chi connectivity index (χ4n) is 8.70. The van der Waals surface area contributed by atoms with Crippen molar-refractivity contribution >= 4 is 23.9 Å². The zero-order valence-corrected chi connectivity index (χ0v) is 20.8. The third-order valence-corrected chi connectivity index (χ3v) is 9.81. The second-order valence-corrected chi connectivity index (χ2v) is 11.2. The Balaban J connectivity index is 1.71. The molecule has 8 nitrogen and oxygen atoms in total. The quantitative estimate of drug-likeness (QED) is 0.467. The van der Waals surface area contributed by atoms with E-state index in [9.17, 15) is 24.3 Å². The zero-order chi connectivity index (χ0) is 24.9. The van der Waals surface area contributed by atoms with Crippen LogP contribution in [-0.2, 0) is 33.4 Å². The van der Waals surface area contributed by atoms with E-state index in [0.717, 1.165) is 25.7 Å². The maximum absolute atomic E-state index is 13.1. The summed E-state index contributed by atoms with van der Waals surface area (Å²) in [4.78, 5) is 49.8. The molecule has 1 N–H and O–H groups in total. The zero-order valence-electron chi connectivity index (χ0n) is 20.8. The summed E-state index contributed by atoms with van der Waals surface area (Å²) in [5.41, 5.74) is -2.62. The topological polar surface area (TPSA) is 116 Å². The summed E-state index contributed by atoms with van der Waals surface area (Å²) in [7, 11) is 0. The monoisotopic (exact) mass is 478 g/mol. The summed E-state index contributed by atoms with van der Waals surface area (Å²) in [6, 6.07) is 0. The van der Waals surface area contributed by atoms with Crippen molar-refractivity contribution in [2.24, 2.45) is 34.5 Å². The van der Waals surface area contributed by atoms with Crippen LogP contribution in [0, 0.1) is 34.5 Å². The van der Waals surface area contributed by atoms with Crippen LogP contribution in [0.2, 0.25) is 0 Å². The number of carboxylic acids is 1. The fourth-order valence-corrected chi connectivity index (χ4v) is 8.70. The molecule has 4 fully saturated rings. The highest BCUT2D eigenvalue weighted by atomic mass is 16.6. The normalized spacial score (nSPS) is 43.0. The Morgan fingerprint density at radius 2 is 1.65 bits per heavy atom. The summed E-state index contributed by atoms with van der Waals surface area (Å²) in [5.74, 6) is -1.91. The molecular formula is C26H38O8. The maximum atomic E-state index is 13.1. The maximum Gasteiger partial charge on any atom is 0.314 e. The van der Waals surface area contributed by atoms with Gasteiger partial charge in [-0.25, -0.2) is 0 Å². The van der Waals surface area contributed by atoms with Crippen molar-refractivity contribution in [1.82, 2.24) is 0 Å². The van der Waals surface area contributed by atoms with Crippen molar-refractivity contribution in [1.29, 1.82) is 0 Å². The molecule has 0 aliphatic heterocycles. The van der Waals surface area contributed by atoms with E-state index in [4.69, 9.17) is 14.2 Å². The molecule has 4 aliphatic carbocycles. The van der Waals surface area contributed by atoms with Crippen molar-refractivity contribution in [3.8, 4) is 0 Å². The molecule has 0 aromatic rings. The second-order valence-electron chi connectivity index (χ2n) is 11.2. The van der Waals surface area contributed by atoms with E-state index in [1.54, 1.807) is 0 Å². The molecule has 4 saturated carbocycles. The van der Waals surface area contributed by atoms with Gasteiger partial charge in [0.1, 0.15) is 17.1 Å². The van der Waals surface area contributed by atoms with Crippen LogP contribution in [0.1, 0.15) is 85.5 Å². The van der Waals surface area contributed by atoms with Gasteiger partial charge in [-0.3, -0.25) is 19.2 Å². The van der Waals surface area contributed by atoms with E-state index >= 15 is 0 Å². The molecule has 0 amide bonds. The highest BCUT2D eigenvalue weighted by molar-refractivity contribution is 5.79. The van der Waals surface area contributed by atoms with Gasteiger partial charge in [0.15, 0.2) is 0 Å². The van der Waals surface area contributed by atoms with Gasteiger partial charge < -0.3 is 19.3 Å². The Morgan fingerprint density at radius 3 is 2.26 bits per heavy atom. The number of esters is 3. The highest BCUT2D eigenvalue weighted by Gasteiger charge is 2.72. The van der Waals surface area contributed by atoms with Gasteiger partial charge in [0.2, 0.25) is 0 Å². The van der Waals surface area contributed by atoms with Crippen molar-refractivity contribution in [3.05, 3.63) is 0 Å². The van der Waals surface area contributed by atoms with Crippen LogP contribution < -0.4 is 0 Å². The fraction of sp³-hybridized carbons (Fsp3) is 0.846. The number of fused-ring (bicyclic) bond motifs is 5. The predicted octanol–water partition coefficient (Wildman–Crippen LogP) is 3.89. The molecule has 0 heterocycles. The van der Waals surface area contributed by atoms with Crippen LogP contribution in [0.4, 0.5) is 0 Å². The minimum absolute atomic E-state index is 0.133. The van der Waals surface area contributed by atoms with Crippen LogP contribution in [0.15, 0.2) is 0 Å². The van der Waals surface area contributed by atoms with Gasteiger partial charge in [-0.05, 0) is 81.5 Å². The molecule has 0 aromatic heterocycles. The molecule has 0 bridgehead atoms. The van der Waals surface area contributed by atoms with Crippen LogP contribution in [0.5, 0.6) is 0 Å². The van der Waals surface area contributed by atoms with Crippen molar-refractivity contribution in [2.45, 2.75) is 97.2 Å². The van der Waals surface area contributed by atoms with Crippen LogP contribution in [-0.4, -0.2) is 47.3 Å². The number of ether oxygens (including phenoxy) is 3. The van der Waals surface area contributed by atoms with E-state index in [1.165, 1.54) is 13.8 Å². The Hall–Kier alpha value is -2.12. The lowest BCUT2D eigenvalue weighted by Crippen LogP contribution is -2.68. The van der Waals surface area contributed by atoms with Crippen LogP contribution >= 0.6 is 0 Å². The van der Waals surface area contributed by atoms with Gasteiger partial charge in [-0.15, -0.1) is 0 Å². The Morgan fingerprint density at radius 1 is 0.912 bits per heavy atom. The molecule has 8 heteroatoms. The van der Waals surface area contributed by atoms with E-state index in [0.29, 0.717) is 32.3 Å². The lowest BCUT2D eigenvalue weighted by atomic mass is 9.42. The van der Waals surface area contributed by atoms with Crippen LogP contribution in [0.3, 0.4) is 0 Å². The standard InChI is InChI=1S/C26H38O8/c1-5-32-22(29)21-7-6-19-18-9-12-25(34-16(3)28)14-17(33-15(2)27)8-13-26(25,23(30)31)20(18)10-11-24(19,21)4/h17-21H,5-14H2,1-4H3,(H,30,31)/t17-,18+,19-,20-,21+,24-,25+,26-/m1/s1. The number of hydrogen-bond donors (Lipinski definition) is 1. The average molecular weight is 479 g/mol.